The van der Waals surface area contributed by atoms with Gasteiger partial charge in [0.25, 0.3) is 0 Å². The summed E-state index contributed by atoms with van der Waals surface area (Å²) >= 11 is 1.94. The Morgan fingerprint density at radius 1 is 0.851 bits per heavy atom. The van der Waals surface area contributed by atoms with Crippen molar-refractivity contribution in [1.82, 2.24) is 0 Å². The molecule has 4 aliphatic rings. The molecule has 2 aromatic rings. The zero-order valence-corrected chi connectivity index (χ0v) is 41.8. The molecule has 0 aromatic heterocycles. The summed E-state index contributed by atoms with van der Waals surface area (Å²) in [5, 5.41) is 24.9. The van der Waals surface area contributed by atoms with E-state index in [0.29, 0.717) is 48.9 Å². The SMILES string of the molecule is C=CCOC12Oc3ccc(Oc4ccc(OC)c(C=O)c4)cc3C3C(CCCCO)C(CCCCO)C=C(C(=NOC4CCCCO4)CC1SCCCCCCCCCCCCCCCC)C32. The van der Waals surface area contributed by atoms with Crippen LogP contribution in [0, 0.1) is 17.8 Å². The van der Waals surface area contributed by atoms with Crippen LogP contribution in [-0.4, -0.2) is 78.8 Å². The van der Waals surface area contributed by atoms with Crippen molar-refractivity contribution in [2.24, 2.45) is 22.9 Å². The number of unbranched alkanes of at least 4 members (excludes halogenated alkanes) is 15. The molecule has 2 N–H and O–H groups in total. The molecule has 2 aromatic carbocycles. The van der Waals surface area contributed by atoms with E-state index in [0.717, 1.165) is 92.4 Å². The van der Waals surface area contributed by atoms with Gasteiger partial charge >= 0.3 is 0 Å². The summed E-state index contributed by atoms with van der Waals surface area (Å²) in [5.74, 6) is 2.43. The number of hydrogen-bond donors (Lipinski definition) is 2. The Morgan fingerprint density at radius 2 is 1.54 bits per heavy atom. The topological polar surface area (TPSA) is 125 Å². The van der Waals surface area contributed by atoms with Crippen molar-refractivity contribution in [2.75, 3.05) is 39.3 Å². The maximum absolute atomic E-state index is 12.0. The summed E-state index contributed by atoms with van der Waals surface area (Å²) in [6.07, 6.45) is 31.8. The molecule has 7 unspecified atom stereocenters. The lowest BCUT2D eigenvalue weighted by atomic mass is 9.56. The van der Waals surface area contributed by atoms with Crippen LogP contribution in [0.1, 0.15) is 183 Å². The Kier molecular flexibility index (Phi) is 22.9. The van der Waals surface area contributed by atoms with E-state index >= 15 is 0 Å². The van der Waals surface area contributed by atoms with E-state index in [-0.39, 0.29) is 48.4 Å². The maximum atomic E-state index is 12.0. The number of ether oxygens (including phenoxy) is 5. The summed E-state index contributed by atoms with van der Waals surface area (Å²) in [4.78, 5) is 18.3. The fourth-order valence-electron chi connectivity index (χ4n) is 11.0. The van der Waals surface area contributed by atoms with Crippen LogP contribution in [0.2, 0.25) is 0 Å². The van der Waals surface area contributed by atoms with Crippen molar-refractivity contribution < 1.29 is 43.5 Å². The predicted octanol–water partition coefficient (Wildman–Crippen LogP) is 13.7. The number of aldehydes is 1. The van der Waals surface area contributed by atoms with Gasteiger partial charge in [0.1, 0.15) is 23.0 Å². The highest BCUT2D eigenvalue weighted by atomic mass is 32.2. The van der Waals surface area contributed by atoms with Gasteiger partial charge in [-0.3, -0.25) is 4.79 Å². The first-order valence-electron chi connectivity index (χ1n) is 26.3. The van der Waals surface area contributed by atoms with E-state index in [9.17, 15) is 15.0 Å². The lowest BCUT2D eigenvalue weighted by molar-refractivity contribution is -0.223. The van der Waals surface area contributed by atoms with Crippen LogP contribution in [0.25, 0.3) is 0 Å². The molecule has 372 valence electrons. The van der Waals surface area contributed by atoms with Gasteiger partial charge in [0.05, 0.1) is 42.8 Å². The molecule has 0 bridgehead atoms. The lowest BCUT2D eigenvalue weighted by Gasteiger charge is -2.58. The first-order chi connectivity index (χ1) is 33.0. The van der Waals surface area contributed by atoms with Crippen LogP contribution >= 0.6 is 11.8 Å². The molecule has 7 atom stereocenters. The largest absolute Gasteiger partial charge is 0.496 e. The van der Waals surface area contributed by atoms with Gasteiger partial charge in [0, 0.05) is 37.5 Å². The number of carbonyl (C=O) groups excluding carboxylic acids is 1. The first kappa shape index (κ1) is 53.0. The Hall–Kier alpha value is -3.35. The quantitative estimate of drug-likeness (QED) is 0.0309. The van der Waals surface area contributed by atoms with E-state index in [1.807, 2.05) is 36.0 Å². The van der Waals surface area contributed by atoms with Gasteiger partial charge in [-0.25, -0.2) is 0 Å². The maximum Gasteiger partial charge on any atom is 0.230 e. The molecule has 0 amide bonds. The zero-order valence-electron chi connectivity index (χ0n) is 41.0. The van der Waals surface area contributed by atoms with E-state index in [4.69, 9.17) is 33.7 Å². The highest BCUT2D eigenvalue weighted by Gasteiger charge is 2.64. The van der Waals surface area contributed by atoms with Gasteiger partial charge in [-0.2, -0.15) is 11.8 Å². The van der Waals surface area contributed by atoms with Crippen molar-refractivity contribution in [3.05, 3.63) is 71.8 Å². The average molecular weight is 946 g/mol. The van der Waals surface area contributed by atoms with Crippen LogP contribution in [0.15, 0.2) is 65.9 Å². The number of aliphatic hydroxyl groups is 2. The van der Waals surface area contributed by atoms with E-state index in [1.165, 1.54) is 83.5 Å². The van der Waals surface area contributed by atoms with Gasteiger partial charge in [-0.05, 0) is 105 Å². The summed E-state index contributed by atoms with van der Waals surface area (Å²) in [6.45, 7) is 7.68. The van der Waals surface area contributed by atoms with Crippen LogP contribution in [-0.2, 0) is 14.3 Å². The van der Waals surface area contributed by atoms with Gasteiger partial charge in [-0.1, -0.05) is 121 Å². The highest BCUT2D eigenvalue weighted by Crippen LogP contribution is 2.63. The minimum absolute atomic E-state index is 0.0584. The number of allylic oxidation sites excluding steroid dienone is 1. The van der Waals surface area contributed by atoms with Crippen molar-refractivity contribution in [3.63, 3.8) is 0 Å². The number of fused-ring (bicyclic) bond motifs is 2. The molecule has 1 saturated heterocycles. The Labute approximate surface area is 407 Å². The number of rotatable bonds is 33. The third-order valence-corrected chi connectivity index (χ3v) is 15.8. The fraction of sp³-hybridized carbons (Fsp3) is 0.679. The van der Waals surface area contributed by atoms with E-state index in [1.54, 1.807) is 19.2 Å². The van der Waals surface area contributed by atoms with Gasteiger partial charge in [-0.15, -0.1) is 6.58 Å². The molecule has 2 aliphatic carbocycles. The van der Waals surface area contributed by atoms with Gasteiger partial charge in [0.15, 0.2) is 6.29 Å². The second kappa shape index (κ2) is 29.0. The van der Waals surface area contributed by atoms with Gasteiger partial charge < -0.3 is 38.7 Å². The summed E-state index contributed by atoms with van der Waals surface area (Å²) in [5.41, 5.74) is 3.49. The monoisotopic (exact) mass is 946 g/mol. The van der Waals surface area contributed by atoms with Crippen LogP contribution < -0.4 is 14.2 Å². The normalized spacial score (nSPS) is 24.8. The van der Waals surface area contributed by atoms with Crippen molar-refractivity contribution in [1.29, 1.82) is 0 Å². The summed E-state index contributed by atoms with van der Waals surface area (Å²) in [7, 11) is 1.55. The van der Waals surface area contributed by atoms with Crippen molar-refractivity contribution >= 4 is 23.8 Å². The standard InChI is InChI=1S/C56H83NO9S/c1-4-6-7-8-9-10-11-12-13-14-15-16-17-24-36-67-52-40-49(57-66-53-27-20-23-35-62-53)47-38-42(25-18-21-32-58)46(26-19-22-33-59)54-48-39-45(64-44-28-30-50(61-3)43(37-44)41-60)29-31-51(48)65-56(52,55(47)54)63-34-5-2/h5,28-31,37-39,41-42,46,52-55,58-59H,2,4,6-27,32-36,40H2,1,3H3. The molecule has 11 heteroatoms. The molecule has 67 heavy (non-hydrogen) atoms. The molecule has 1 saturated carbocycles. The predicted molar refractivity (Wildman–Crippen MR) is 271 cm³/mol. The highest BCUT2D eigenvalue weighted by molar-refractivity contribution is 8.00. The van der Waals surface area contributed by atoms with Crippen molar-refractivity contribution in [2.45, 2.75) is 184 Å². The Balaban J connectivity index is 1.30. The minimum Gasteiger partial charge on any atom is -0.496 e. The minimum atomic E-state index is -1.03. The average Bonchev–Trinajstić information content (AvgIpc) is 3.35. The number of thioether (sulfide) groups is 1. The number of nitrogens with zero attached hydrogens (tertiary/aromatic N) is 1. The van der Waals surface area contributed by atoms with Crippen LogP contribution in [0.3, 0.4) is 0 Å². The molecule has 0 radical (unpaired) electrons. The number of hydrogen-bond acceptors (Lipinski definition) is 11. The molecular weight excluding hydrogens is 863 g/mol. The summed E-state index contributed by atoms with van der Waals surface area (Å²) in [6, 6.07) is 11.3. The molecule has 10 nitrogen and oxygen atoms in total. The number of carbonyl (C=O) groups is 1. The number of oxime groups is 1. The second-order valence-corrected chi connectivity index (χ2v) is 20.5. The molecule has 2 aliphatic heterocycles. The van der Waals surface area contributed by atoms with Crippen LogP contribution in [0.5, 0.6) is 23.0 Å². The molecule has 0 spiro atoms. The van der Waals surface area contributed by atoms with E-state index < -0.39 is 5.79 Å². The fourth-order valence-corrected chi connectivity index (χ4v) is 12.4. The molecule has 2 heterocycles. The Bertz CT molecular complexity index is 1850. The number of methoxy groups -OCH3 is 1. The zero-order chi connectivity index (χ0) is 47.1. The van der Waals surface area contributed by atoms with E-state index in [2.05, 4.69) is 25.6 Å². The molecule has 6 rings (SSSR count). The van der Waals surface area contributed by atoms with Gasteiger partial charge in [0.2, 0.25) is 12.1 Å². The summed E-state index contributed by atoms with van der Waals surface area (Å²) < 4.78 is 32.5. The second-order valence-electron chi connectivity index (χ2n) is 19.2. The van der Waals surface area contributed by atoms with Crippen molar-refractivity contribution in [3.8, 4) is 23.0 Å². The smallest absolute Gasteiger partial charge is 0.230 e. The van der Waals surface area contributed by atoms with Crippen LogP contribution in [0.4, 0.5) is 0 Å². The molecular formula is C56H83NO9S. The Morgan fingerprint density at radius 3 is 2.19 bits per heavy atom. The number of aliphatic hydroxyl groups excluding tert-OH is 2. The third kappa shape index (κ3) is 14.8. The first-order valence-corrected chi connectivity index (χ1v) is 27.3. The molecule has 2 fully saturated rings. The lowest BCUT2D eigenvalue weighted by Crippen LogP contribution is -2.64. The number of benzene rings is 2. The third-order valence-electron chi connectivity index (χ3n) is 14.4.